The summed E-state index contributed by atoms with van der Waals surface area (Å²) in [5, 5.41) is 4.11. The highest BCUT2D eigenvalue weighted by Gasteiger charge is 2.27. The van der Waals surface area contributed by atoms with Gasteiger partial charge < -0.3 is 10.1 Å². The molecule has 1 aliphatic rings. The summed E-state index contributed by atoms with van der Waals surface area (Å²) in [5.74, 6) is 0.926. The number of thioether (sulfide) groups is 1. The predicted molar refractivity (Wildman–Crippen MR) is 107 cm³/mol. The molecule has 0 aliphatic carbocycles. The van der Waals surface area contributed by atoms with E-state index >= 15 is 0 Å². The molecule has 2 aromatic heterocycles. The van der Waals surface area contributed by atoms with Crippen molar-refractivity contribution in [3.63, 3.8) is 0 Å². The Kier molecular flexibility index (Phi) is 4.88. The minimum Gasteiger partial charge on any atom is -0.494 e. The molecule has 7 nitrogen and oxygen atoms in total. The largest absolute Gasteiger partial charge is 0.494 e. The quantitative estimate of drug-likeness (QED) is 0.676. The Morgan fingerprint density at radius 3 is 3.11 bits per heavy atom. The summed E-state index contributed by atoms with van der Waals surface area (Å²) >= 11 is 2.84. The number of hydrogen-bond donors (Lipinski definition) is 1. The number of nitrogens with one attached hydrogen (secondary N) is 1. The monoisotopic (exact) mass is 402 g/mol. The van der Waals surface area contributed by atoms with Crippen LogP contribution in [0.25, 0.3) is 10.2 Å². The number of aryl methyl sites for hydroxylation is 1. The lowest BCUT2D eigenvalue weighted by molar-refractivity contribution is -0.119. The van der Waals surface area contributed by atoms with E-state index in [4.69, 9.17) is 4.74 Å². The lowest BCUT2D eigenvalue weighted by Crippen LogP contribution is -2.37. The number of rotatable bonds is 4. The zero-order valence-electron chi connectivity index (χ0n) is 14.9. The van der Waals surface area contributed by atoms with Crippen LogP contribution in [0.4, 0.5) is 5.13 Å². The first-order valence-corrected chi connectivity index (χ1v) is 10.4. The van der Waals surface area contributed by atoms with Crippen LogP contribution in [0.3, 0.4) is 0 Å². The maximum Gasteiger partial charge on any atom is 0.257 e. The van der Waals surface area contributed by atoms with Gasteiger partial charge in [-0.15, -0.1) is 0 Å². The average molecular weight is 403 g/mol. The topological polar surface area (TPSA) is 86.1 Å². The Labute approximate surface area is 163 Å². The van der Waals surface area contributed by atoms with Gasteiger partial charge in [0.1, 0.15) is 5.75 Å². The standard InChI is InChI=1S/C18H18N4O3S2/c1-3-25-12-4-5-13-14(6-12)27-17(20-13)21-15(23)11-8-22-16(24)10(2)7-19-18(22)26-9-11/h4-7,11H,3,8-9H2,1-2H3,(H,20,21,23)/t11-/m1/s1. The second-order valence-corrected chi connectivity index (χ2v) is 8.24. The van der Waals surface area contributed by atoms with Gasteiger partial charge in [-0.1, -0.05) is 23.1 Å². The molecule has 9 heteroatoms. The van der Waals surface area contributed by atoms with E-state index in [0.717, 1.165) is 16.0 Å². The average Bonchev–Trinajstić information content (AvgIpc) is 3.06. The molecule has 0 unspecified atom stereocenters. The van der Waals surface area contributed by atoms with Crippen molar-refractivity contribution in [3.05, 3.63) is 40.3 Å². The molecule has 4 rings (SSSR count). The zero-order valence-corrected chi connectivity index (χ0v) is 16.5. The molecule has 0 fully saturated rings. The summed E-state index contributed by atoms with van der Waals surface area (Å²) < 4.78 is 8.04. The van der Waals surface area contributed by atoms with Gasteiger partial charge in [0, 0.05) is 24.1 Å². The van der Waals surface area contributed by atoms with Gasteiger partial charge in [-0.25, -0.2) is 9.97 Å². The van der Waals surface area contributed by atoms with Gasteiger partial charge in [-0.05, 0) is 32.0 Å². The number of amides is 1. The number of nitrogens with zero attached hydrogens (tertiary/aromatic N) is 3. The third kappa shape index (κ3) is 3.57. The van der Waals surface area contributed by atoms with E-state index in [-0.39, 0.29) is 17.4 Å². The summed E-state index contributed by atoms with van der Waals surface area (Å²) in [5.41, 5.74) is 1.31. The number of ether oxygens (including phenoxy) is 1. The SMILES string of the molecule is CCOc1ccc2nc(NC(=O)[C@H]3CSc4ncc(C)c(=O)n4C3)sc2c1. The first-order chi connectivity index (χ1) is 13.0. The van der Waals surface area contributed by atoms with Crippen molar-refractivity contribution in [1.29, 1.82) is 0 Å². The number of aromatic nitrogens is 3. The summed E-state index contributed by atoms with van der Waals surface area (Å²) in [6.07, 6.45) is 1.58. The summed E-state index contributed by atoms with van der Waals surface area (Å²) in [6.45, 7) is 4.60. The normalized spacial score (nSPS) is 16.1. The number of carbonyl (C=O) groups excluding carboxylic acids is 1. The zero-order chi connectivity index (χ0) is 19.0. The van der Waals surface area contributed by atoms with Crippen molar-refractivity contribution in [1.82, 2.24) is 14.5 Å². The third-order valence-corrected chi connectivity index (χ3v) is 6.36. The van der Waals surface area contributed by atoms with Gasteiger partial charge in [0.05, 0.1) is 22.7 Å². The van der Waals surface area contributed by atoms with Gasteiger partial charge in [0.25, 0.3) is 5.56 Å². The van der Waals surface area contributed by atoms with Crippen molar-refractivity contribution in [2.24, 2.45) is 5.92 Å². The number of hydrogen-bond acceptors (Lipinski definition) is 7. The molecule has 140 valence electrons. The van der Waals surface area contributed by atoms with Gasteiger partial charge >= 0.3 is 0 Å². The molecule has 0 saturated heterocycles. The Balaban J connectivity index is 1.51. The van der Waals surface area contributed by atoms with Crippen LogP contribution in [0.15, 0.2) is 34.3 Å². The smallest absolute Gasteiger partial charge is 0.257 e. The molecule has 27 heavy (non-hydrogen) atoms. The van der Waals surface area contributed by atoms with Gasteiger partial charge in [-0.2, -0.15) is 0 Å². The molecule has 0 spiro atoms. The Morgan fingerprint density at radius 1 is 1.44 bits per heavy atom. The van der Waals surface area contributed by atoms with Crippen LogP contribution in [-0.4, -0.2) is 32.8 Å². The molecular formula is C18H18N4O3S2. The fraction of sp³-hybridized carbons (Fsp3) is 0.333. The highest BCUT2D eigenvalue weighted by atomic mass is 32.2. The van der Waals surface area contributed by atoms with E-state index in [9.17, 15) is 9.59 Å². The van der Waals surface area contributed by atoms with Crippen LogP contribution in [0.1, 0.15) is 12.5 Å². The van der Waals surface area contributed by atoms with Gasteiger partial charge in [-0.3, -0.25) is 14.2 Å². The van der Waals surface area contributed by atoms with Crippen molar-refractivity contribution < 1.29 is 9.53 Å². The number of carbonyl (C=O) groups is 1. The van der Waals surface area contributed by atoms with E-state index in [1.165, 1.54) is 23.1 Å². The van der Waals surface area contributed by atoms with E-state index in [2.05, 4.69) is 15.3 Å². The van der Waals surface area contributed by atoms with Crippen molar-refractivity contribution in [2.45, 2.75) is 25.5 Å². The maximum atomic E-state index is 12.7. The fourth-order valence-electron chi connectivity index (χ4n) is 2.88. The maximum absolute atomic E-state index is 12.7. The Bertz CT molecular complexity index is 1080. The number of thiazole rings is 1. The van der Waals surface area contributed by atoms with Crippen LogP contribution in [-0.2, 0) is 11.3 Å². The fourth-order valence-corrected chi connectivity index (χ4v) is 4.83. The molecule has 1 aromatic carbocycles. The van der Waals surface area contributed by atoms with Crippen molar-refractivity contribution >= 4 is 44.4 Å². The minimum atomic E-state index is -0.310. The Hall–Kier alpha value is -2.39. The first kappa shape index (κ1) is 18.0. The molecule has 0 bridgehead atoms. The molecule has 1 aliphatic heterocycles. The van der Waals surface area contributed by atoms with E-state index < -0.39 is 0 Å². The highest BCUT2D eigenvalue weighted by molar-refractivity contribution is 7.99. The second-order valence-electron chi connectivity index (χ2n) is 6.22. The van der Waals surface area contributed by atoms with Gasteiger partial charge in [0.2, 0.25) is 5.91 Å². The first-order valence-electron chi connectivity index (χ1n) is 8.58. The van der Waals surface area contributed by atoms with E-state index in [1.54, 1.807) is 17.7 Å². The number of benzene rings is 1. The predicted octanol–water partition coefficient (Wildman–Crippen LogP) is 2.92. The van der Waals surface area contributed by atoms with Gasteiger partial charge in [0.15, 0.2) is 10.3 Å². The number of anilines is 1. The van der Waals surface area contributed by atoms with Crippen molar-refractivity contribution in [3.8, 4) is 5.75 Å². The van der Waals surface area contributed by atoms with Crippen molar-refractivity contribution in [2.75, 3.05) is 17.7 Å². The van der Waals surface area contributed by atoms with Crippen LogP contribution in [0.5, 0.6) is 5.75 Å². The molecular weight excluding hydrogens is 384 g/mol. The lowest BCUT2D eigenvalue weighted by Gasteiger charge is -2.23. The molecule has 1 N–H and O–H groups in total. The summed E-state index contributed by atoms with van der Waals surface area (Å²) in [4.78, 5) is 33.7. The molecule has 1 amide bonds. The number of fused-ring (bicyclic) bond motifs is 2. The highest BCUT2D eigenvalue weighted by Crippen LogP contribution is 2.31. The molecule has 0 saturated carbocycles. The minimum absolute atomic E-state index is 0.0894. The second kappa shape index (κ2) is 7.32. The summed E-state index contributed by atoms with van der Waals surface area (Å²) in [6, 6.07) is 5.67. The van der Waals surface area contributed by atoms with Crippen LogP contribution >= 0.6 is 23.1 Å². The Morgan fingerprint density at radius 2 is 2.30 bits per heavy atom. The third-order valence-electron chi connectivity index (χ3n) is 4.27. The molecule has 1 atom stereocenters. The molecule has 0 radical (unpaired) electrons. The summed E-state index contributed by atoms with van der Waals surface area (Å²) in [7, 11) is 0. The van der Waals surface area contributed by atoms with Crippen LogP contribution in [0, 0.1) is 12.8 Å². The lowest BCUT2D eigenvalue weighted by atomic mass is 10.1. The van der Waals surface area contributed by atoms with Crippen LogP contribution < -0.4 is 15.6 Å². The van der Waals surface area contributed by atoms with Crippen LogP contribution in [0.2, 0.25) is 0 Å². The molecule has 3 aromatic rings. The van der Waals surface area contributed by atoms with E-state index in [1.807, 2.05) is 25.1 Å². The molecule has 3 heterocycles. The van der Waals surface area contributed by atoms with E-state index in [0.29, 0.717) is 34.8 Å².